The number of carboxylic acid groups (broad SMARTS) is 1. The van der Waals surface area contributed by atoms with Crippen molar-refractivity contribution in [1.29, 1.82) is 0 Å². The minimum atomic E-state index is -0.734. The maximum Gasteiger partial charge on any atom is 0.307 e. The van der Waals surface area contributed by atoms with E-state index in [0.29, 0.717) is 19.1 Å². The zero-order valence-electron chi connectivity index (χ0n) is 12.2. The Hall–Kier alpha value is -1.75. The third-order valence-electron chi connectivity index (χ3n) is 4.42. The van der Waals surface area contributed by atoms with E-state index in [1.165, 1.54) is 6.42 Å². The summed E-state index contributed by atoms with van der Waals surface area (Å²) in [5, 5.41) is 12.3. The highest BCUT2D eigenvalue weighted by Gasteiger charge is 2.30. The molecule has 3 rings (SSSR count). The van der Waals surface area contributed by atoms with Crippen LogP contribution in [0, 0.1) is 5.92 Å². The molecular weight excluding hydrogens is 270 g/mol. The maximum absolute atomic E-state index is 11.0. The number of carboxylic acids is 1. The Bertz CT molecular complexity index is 527. The molecule has 2 fully saturated rings. The number of methoxy groups -OCH3 is 1. The van der Waals surface area contributed by atoms with E-state index in [1.807, 2.05) is 18.2 Å². The molecule has 0 radical (unpaired) electrons. The fourth-order valence-electron chi connectivity index (χ4n) is 2.84. The predicted octanol–water partition coefficient (Wildman–Crippen LogP) is 2.36. The second kappa shape index (κ2) is 5.93. The lowest BCUT2D eigenvalue weighted by Crippen LogP contribution is -2.24. The molecule has 0 spiro atoms. The molecule has 0 bridgehead atoms. The van der Waals surface area contributed by atoms with Crippen molar-refractivity contribution in [3.8, 4) is 11.5 Å². The van der Waals surface area contributed by atoms with Gasteiger partial charge in [-0.1, -0.05) is 6.07 Å². The second-order valence-corrected chi connectivity index (χ2v) is 5.81. The zero-order chi connectivity index (χ0) is 14.8. The van der Waals surface area contributed by atoms with Crippen LogP contribution in [0.15, 0.2) is 18.2 Å². The van der Waals surface area contributed by atoms with Gasteiger partial charge in [0.2, 0.25) is 0 Å². The fraction of sp³-hybridized carbons (Fsp3) is 0.562. The summed E-state index contributed by atoms with van der Waals surface area (Å²) in [5.74, 6) is 0.451. The summed E-state index contributed by atoms with van der Waals surface area (Å²) in [6, 6.07) is 5.95. The molecule has 2 atom stereocenters. The number of nitrogens with one attached hydrogen (secondary N) is 1. The van der Waals surface area contributed by atoms with Crippen molar-refractivity contribution in [2.75, 3.05) is 13.7 Å². The highest BCUT2D eigenvalue weighted by atomic mass is 16.5. The molecule has 1 aromatic carbocycles. The van der Waals surface area contributed by atoms with E-state index in [4.69, 9.17) is 14.6 Å². The topological polar surface area (TPSA) is 67.8 Å². The summed E-state index contributed by atoms with van der Waals surface area (Å²) < 4.78 is 11.3. The Labute approximate surface area is 124 Å². The van der Waals surface area contributed by atoms with Crippen LogP contribution < -0.4 is 14.8 Å². The molecule has 5 nitrogen and oxygen atoms in total. The third-order valence-corrected chi connectivity index (χ3v) is 4.42. The summed E-state index contributed by atoms with van der Waals surface area (Å²) in [6.45, 7) is 0.517. The fourth-order valence-corrected chi connectivity index (χ4v) is 2.84. The van der Waals surface area contributed by atoms with Crippen molar-refractivity contribution in [2.45, 2.75) is 37.8 Å². The summed E-state index contributed by atoms with van der Waals surface area (Å²) in [5.41, 5.74) is 1.05. The van der Waals surface area contributed by atoms with Crippen LogP contribution in [0.25, 0.3) is 0 Å². The van der Waals surface area contributed by atoms with E-state index in [-0.39, 0.29) is 12.0 Å². The Kier molecular flexibility index (Phi) is 4.01. The van der Waals surface area contributed by atoms with E-state index in [9.17, 15) is 4.79 Å². The molecule has 2 N–H and O–H groups in total. The van der Waals surface area contributed by atoms with Gasteiger partial charge in [-0.05, 0) is 43.4 Å². The van der Waals surface area contributed by atoms with E-state index in [0.717, 1.165) is 29.9 Å². The molecule has 5 heteroatoms. The first-order valence-electron chi connectivity index (χ1n) is 7.48. The van der Waals surface area contributed by atoms with E-state index < -0.39 is 5.97 Å². The molecule has 0 aromatic heterocycles. The molecule has 1 aliphatic heterocycles. The van der Waals surface area contributed by atoms with Crippen molar-refractivity contribution in [3.63, 3.8) is 0 Å². The van der Waals surface area contributed by atoms with E-state index in [1.54, 1.807) is 7.11 Å². The van der Waals surface area contributed by atoms with Gasteiger partial charge in [0.1, 0.15) is 0 Å². The SMILES string of the molecule is COc1cc(C2CC(C(=O)O)CN2)ccc1OC1CCC1. The molecule has 1 aliphatic carbocycles. The minimum absolute atomic E-state index is 0.0674. The van der Waals surface area contributed by atoms with Gasteiger partial charge in [-0.15, -0.1) is 0 Å². The van der Waals surface area contributed by atoms with E-state index in [2.05, 4.69) is 5.32 Å². The quantitative estimate of drug-likeness (QED) is 0.871. The average molecular weight is 291 g/mol. The van der Waals surface area contributed by atoms with Crippen LogP contribution in [0.5, 0.6) is 11.5 Å². The number of ether oxygens (including phenoxy) is 2. The van der Waals surface area contributed by atoms with Crippen molar-refractivity contribution < 1.29 is 19.4 Å². The normalized spacial score (nSPS) is 25.4. The summed E-state index contributed by atoms with van der Waals surface area (Å²) >= 11 is 0. The van der Waals surface area contributed by atoms with Gasteiger partial charge in [-0.3, -0.25) is 4.79 Å². The number of aliphatic carboxylic acids is 1. The van der Waals surface area contributed by atoms with Gasteiger partial charge in [0.25, 0.3) is 0 Å². The monoisotopic (exact) mass is 291 g/mol. The van der Waals surface area contributed by atoms with Crippen LogP contribution in [0.1, 0.15) is 37.3 Å². The van der Waals surface area contributed by atoms with Gasteiger partial charge >= 0.3 is 5.97 Å². The molecule has 1 saturated heterocycles. The van der Waals surface area contributed by atoms with E-state index >= 15 is 0 Å². The van der Waals surface area contributed by atoms with Crippen LogP contribution in [0.3, 0.4) is 0 Å². The Morgan fingerprint density at radius 2 is 2.14 bits per heavy atom. The molecule has 1 heterocycles. The van der Waals surface area contributed by atoms with Crippen LogP contribution in [-0.2, 0) is 4.79 Å². The maximum atomic E-state index is 11.0. The molecule has 2 aliphatic rings. The number of hydrogen-bond donors (Lipinski definition) is 2. The first-order valence-corrected chi connectivity index (χ1v) is 7.48. The predicted molar refractivity (Wildman–Crippen MR) is 77.7 cm³/mol. The van der Waals surface area contributed by atoms with Crippen LogP contribution in [-0.4, -0.2) is 30.8 Å². The smallest absolute Gasteiger partial charge is 0.307 e. The van der Waals surface area contributed by atoms with Crippen LogP contribution >= 0.6 is 0 Å². The molecule has 1 saturated carbocycles. The summed E-state index contributed by atoms with van der Waals surface area (Å²) in [4.78, 5) is 11.0. The van der Waals surface area contributed by atoms with Crippen molar-refractivity contribution >= 4 is 5.97 Å². The lowest BCUT2D eigenvalue weighted by atomic mass is 9.96. The molecule has 1 aromatic rings. The third kappa shape index (κ3) is 2.97. The summed E-state index contributed by atoms with van der Waals surface area (Å²) in [6.07, 6.45) is 4.37. The Balaban J connectivity index is 1.73. The largest absolute Gasteiger partial charge is 0.493 e. The number of benzene rings is 1. The number of hydrogen-bond acceptors (Lipinski definition) is 4. The minimum Gasteiger partial charge on any atom is -0.493 e. The van der Waals surface area contributed by atoms with Crippen molar-refractivity contribution in [3.05, 3.63) is 23.8 Å². The molecule has 2 unspecified atom stereocenters. The van der Waals surface area contributed by atoms with Gasteiger partial charge in [0.05, 0.1) is 19.1 Å². The van der Waals surface area contributed by atoms with Gasteiger partial charge in [-0.2, -0.15) is 0 Å². The summed E-state index contributed by atoms with van der Waals surface area (Å²) in [7, 11) is 1.63. The molecule has 114 valence electrons. The number of rotatable bonds is 5. The number of carbonyl (C=O) groups is 1. The first kappa shape index (κ1) is 14.2. The second-order valence-electron chi connectivity index (χ2n) is 5.81. The van der Waals surface area contributed by atoms with Gasteiger partial charge < -0.3 is 19.9 Å². The molecule has 21 heavy (non-hydrogen) atoms. The highest BCUT2D eigenvalue weighted by molar-refractivity contribution is 5.70. The molecule has 0 amide bonds. The van der Waals surface area contributed by atoms with Crippen LogP contribution in [0.2, 0.25) is 0 Å². The average Bonchev–Trinajstić information content (AvgIpc) is 2.92. The van der Waals surface area contributed by atoms with Crippen molar-refractivity contribution in [2.24, 2.45) is 5.92 Å². The first-order chi connectivity index (χ1) is 10.2. The standard InChI is InChI=1S/C16H21NO4/c1-20-15-8-10(13-7-11(9-17-13)16(18)19)5-6-14(15)21-12-3-2-4-12/h5-6,8,11-13,17H,2-4,7,9H2,1H3,(H,18,19). The lowest BCUT2D eigenvalue weighted by Gasteiger charge is -2.27. The zero-order valence-corrected chi connectivity index (χ0v) is 12.2. The Morgan fingerprint density at radius 1 is 1.33 bits per heavy atom. The lowest BCUT2D eigenvalue weighted by molar-refractivity contribution is -0.141. The Morgan fingerprint density at radius 3 is 2.71 bits per heavy atom. The van der Waals surface area contributed by atoms with Gasteiger partial charge in [0.15, 0.2) is 11.5 Å². The van der Waals surface area contributed by atoms with Crippen LogP contribution in [0.4, 0.5) is 0 Å². The highest BCUT2D eigenvalue weighted by Crippen LogP contribution is 2.36. The van der Waals surface area contributed by atoms with Crippen molar-refractivity contribution in [1.82, 2.24) is 5.32 Å². The van der Waals surface area contributed by atoms with Gasteiger partial charge in [0, 0.05) is 12.6 Å². The molecular formula is C16H21NO4. The van der Waals surface area contributed by atoms with Gasteiger partial charge in [-0.25, -0.2) is 0 Å².